The summed E-state index contributed by atoms with van der Waals surface area (Å²) in [5.41, 5.74) is 5.66. The van der Waals surface area contributed by atoms with Gasteiger partial charge in [0.2, 0.25) is 0 Å². The first kappa shape index (κ1) is 11.2. The minimum Gasteiger partial charge on any atom is -0.342 e. The summed E-state index contributed by atoms with van der Waals surface area (Å²) in [5, 5.41) is 0. The van der Waals surface area contributed by atoms with Crippen molar-refractivity contribution >= 4 is 11.6 Å². The molecule has 3 heteroatoms. The third-order valence-electron chi connectivity index (χ3n) is 2.89. The molecule has 16 heavy (non-hydrogen) atoms. The molecule has 0 saturated heterocycles. The lowest BCUT2D eigenvalue weighted by Crippen LogP contribution is -1.85. The van der Waals surface area contributed by atoms with Crippen LogP contribution in [0.2, 0.25) is 0 Å². The van der Waals surface area contributed by atoms with Crippen molar-refractivity contribution < 1.29 is 0 Å². The van der Waals surface area contributed by atoms with E-state index >= 15 is 0 Å². The van der Waals surface area contributed by atoms with Gasteiger partial charge < -0.3 is 4.98 Å². The number of aryl methyl sites for hydroxylation is 3. The fourth-order valence-corrected chi connectivity index (χ4v) is 1.91. The number of aromatic nitrogens is 2. The standard InChI is InChI=1S/C13H15ClN2/c1-8-4-5-11(6-9(8)2)13-15-10(3)12(7-14)16-13/h4-6H,7H2,1-3H3,(H,15,16). The number of rotatable bonds is 2. The Hall–Kier alpha value is -1.28. The number of nitrogens with one attached hydrogen (secondary N) is 1. The minimum absolute atomic E-state index is 0.452. The molecule has 0 fully saturated rings. The largest absolute Gasteiger partial charge is 0.342 e. The number of benzene rings is 1. The summed E-state index contributed by atoms with van der Waals surface area (Å²) in [4.78, 5) is 7.74. The maximum atomic E-state index is 5.81. The van der Waals surface area contributed by atoms with Crippen LogP contribution in [0.25, 0.3) is 11.4 Å². The summed E-state index contributed by atoms with van der Waals surface area (Å²) in [6.45, 7) is 6.21. The van der Waals surface area contributed by atoms with Crippen LogP contribution in [0.4, 0.5) is 0 Å². The van der Waals surface area contributed by atoms with Gasteiger partial charge in [0.05, 0.1) is 11.6 Å². The molecule has 0 bridgehead atoms. The van der Waals surface area contributed by atoms with Crippen LogP contribution in [-0.4, -0.2) is 9.97 Å². The third kappa shape index (κ3) is 1.98. The molecule has 1 aromatic heterocycles. The van der Waals surface area contributed by atoms with Crippen LogP contribution in [0, 0.1) is 20.8 Å². The Labute approximate surface area is 101 Å². The highest BCUT2D eigenvalue weighted by Crippen LogP contribution is 2.21. The van der Waals surface area contributed by atoms with Crippen LogP contribution in [-0.2, 0) is 5.88 Å². The molecule has 0 saturated carbocycles. The molecule has 2 aromatic rings. The summed E-state index contributed by atoms with van der Waals surface area (Å²) in [7, 11) is 0. The third-order valence-corrected chi connectivity index (χ3v) is 3.15. The van der Waals surface area contributed by atoms with Gasteiger partial charge in [-0.2, -0.15) is 0 Å². The van der Waals surface area contributed by atoms with Crippen LogP contribution < -0.4 is 0 Å². The number of H-pyrrole nitrogens is 1. The molecule has 0 aliphatic heterocycles. The minimum atomic E-state index is 0.452. The Bertz CT molecular complexity index is 515. The molecule has 0 radical (unpaired) electrons. The molecular formula is C13H15ClN2. The van der Waals surface area contributed by atoms with Crippen LogP contribution in [0.1, 0.15) is 22.5 Å². The van der Waals surface area contributed by atoms with Crippen molar-refractivity contribution in [2.75, 3.05) is 0 Å². The van der Waals surface area contributed by atoms with E-state index in [9.17, 15) is 0 Å². The number of imidazole rings is 1. The molecule has 0 amide bonds. The molecule has 1 N–H and O–H groups in total. The summed E-state index contributed by atoms with van der Waals surface area (Å²) in [5.74, 6) is 1.35. The fourth-order valence-electron chi connectivity index (χ4n) is 1.65. The molecule has 1 aromatic carbocycles. The number of hydrogen-bond donors (Lipinski definition) is 1. The van der Waals surface area contributed by atoms with Crippen molar-refractivity contribution in [1.82, 2.24) is 9.97 Å². The Balaban J connectivity index is 2.46. The highest BCUT2D eigenvalue weighted by atomic mass is 35.5. The van der Waals surface area contributed by atoms with Gasteiger partial charge >= 0.3 is 0 Å². The van der Waals surface area contributed by atoms with Gasteiger partial charge in [0.25, 0.3) is 0 Å². The molecule has 0 aliphatic rings. The Morgan fingerprint density at radius 3 is 2.50 bits per heavy atom. The Kier molecular flexibility index (Phi) is 3.01. The molecule has 0 aliphatic carbocycles. The molecule has 2 nitrogen and oxygen atoms in total. The highest BCUT2D eigenvalue weighted by Gasteiger charge is 2.07. The van der Waals surface area contributed by atoms with E-state index in [0.717, 1.165) is 22.8 Å². The maximum Gasteiger partial charge on any atom is 0.137 e. The predicted molar refractivity (Wildman–Crippen MR) is 67.8 cm³/mol. The number of alkyl halides is 1. The lowest BCUT2D eigenvalue weighted by molar-refractivity contribution is 1.18. The lowest BCUT2D eigenvalue weighted by Gasteiger charge is -2.02. The second kappa shape index (κ2) is 4.30. The second-order valence-electron chi connectivity index (χ2n) is 4.09. The first-order chi connectivity index (χ1) is 7.61. The number of hydrogen-bond acceptors (Lipinski definition) is 1. The van der Waals surface area contributed by atoms with E-state index in [2.05, 4.69) is 42.0 Å². The van der Waals surface area contributed by atoms with E-state index in [1.54, 1.807) is 0 Å². The summed E-state index contributed by atoms with van der Waals surface area (Å²) >= 11 is 5.81. The Morgan fingerprint density at radius 2 is 1.94 bits per heavy atom. The normalized spacial score (nSPS) is 10.8. The lowest BCUT2D eigenvalue weighted by atomic mass is 10.1. The van der Waals surface area contributed by atoms with Crippen molar-refractivity contribution in [3.63, 3.8) is 0 Å². The van der Waals surface area contributed by atoms with Crippen molar-refractivity contribution in [3.8, 4) is 11.4 Å². The monoisotopic (exact) mass is 234 g/mol. The smallest absolute Gasteiger partial charge is 0.137 e. The average molecular weight is 235 g/mol. The predicted octanol–water partition coefficient (Wildman–Crippen LogP) is 3.74. The van der Waals surface area contributed by atoms with E-state index in [1.807, 2.05) is 6.92 Å². The van der Waals surface area contributed by atoms with Crippen LogP contribution >= 0.6 is 11.6 Å². The van der Waals surface area contributed by atoms with Crippen LogP contribution in [0.3, 0.4) is 0 Å². The molecule has 1 heterocycles. The van der Waals surface area contributed by atoms with E-state index in [-0.39, 0.29) is 0 Å². The molecular weight excluding hydrogens is 220 g/mol. The van der Waals surface area contributed by atoms with Crippen molar-refractivity contribution in [1.29, 1.82) is 0 Å². The van der Waals surface area contributed by atoms with E-state index < -0.39 is 0 Å². The van der Waals surface area contributed by atoms with Crippen LogP contribution in [0.15, 0.2) is 18.2 Å². The second-order valence-corrected chi connectivity index (χ2v) is 4.36. The quantitative estimate of drug-likeness (QED) is 0.788. The van der Waals surface area contributed by atoms with Gasteiger partial charge in [-0.25, -0.2) is 4.98 Å². The van der Waals surface area contributed by atoms with Crippen molar-refractivity contribution in [2.45, 2.75) is 26.7 Å². The van der Waals surface area contributed by atoms with Gasteiger partial charge in [-0.05, 0) is 38.0 Å². The van der Waals surface area contributed by atoms with E-state index in [0.29, 0.717) is 5.88 Å². The Morgan fingerprint density at radius 1 is 1.19 bits per heavy atom. The molecule has 0 atom stereocenters. The zero-order valence-electron chi connectivity index (χ0n) is 9.76. The average Bonchev–Trinajstić information content (AvgIpc) is 2.64. The number of halogens is 1. The summed E-state index contributed by atoms with van der Waals surface area (Å²) < 4.78 is 0. The van der Waals surface area contributed by atoms with Crippen molar-refractivity contribution in [2.24, 2.45) is 0 Å². The molecule has 84 valence electrons. The molecule has 0 unspecified atom stereocenters. The van der Waals surface area contributed by atoms with E-state index in [4.69, 9.17) is 11.6 Å². The zero-order valence-corrected chi connectivity index (χ0v) is 10.5. The topological polar surface area (TPSA) is 28.7 Å². The SMILES string of the molecule is Cc1ccc(-c2nc(CCl)c(C)[nH]2)cc1C. The van der Waals surface area contributed by atoms with Gasteiger partial charge in [0.1, 0.15) is 5.82 Å². The zero-order chi connectivity index (χ0) is 11.7. The van der Waals surface area contributed by atoms with Gasteiger partial charge in [-0.3, -0.25) is 0 Å². The van der Waals surface area contributed by atoms with Crippen LogP contribution in [0.5, 0.6) is 0 Å². The summed E-state index contributed by atoms with van der Waals surface area (Å²) in [6.07, 6.45) is 0. The molecule has 0 spiro atoms. The van der Waals surface area contributed by atoms with Crippen molar-refractivity contribution in [3.05, 3.63) is 40.7 Å². The number of aromatic amines is 1. The van der Waals surface area contributed by atoms with Gasteiger partial charge in [-0.1, -0.05) is 12.1 Å². The highest BCUT2D eigenvalue weighted by molar-refractivity contribution is 6.17. The van der Waals surface area contributed by atoms with Gasteiger partial charge in [0.15, 0.2) is 0 Å². The van der Waals surface area contributed by atoms with Gasteiger partial charge in [-0.15, -0.1) is 11.6 Å². The number of nitrogens with zero attached hydrogens (tertiary/aromatic N) is 1. The first-order valence-corrected chi connectivity index (χ1v) is 5.84. The summed E-state index contributed by atoms with van der Waals surface area (Å²) in [6, 6.07) is 6.34. The van der Waals surface area contributed by atoms with Gasteiger partial charge in [0, 0.05) is 11.3 Å². The first-order valence-electron chi connectivity index (χ1n) is 5.31. The maximum absolute atomic E-state index is 5.81. The fraction of sp³-hybridized carbons (Fsp3) is 0.308. The van der Waals surface area contributed by atoms with E-state index in [1.165, 1.54) is 11.1 Å². The molecule has 2 rings (SSSR count).